The van der Waals surface area contributed by atoms with Gasteiger partial charge in [-0.2, -0.15) is 0 Å². The third-order valence-corrected chi connectivity index (χ3v) is 3.39. The van der Waals surface area contributed by atoms with Crippen LogP contribution in [0.5, 0.6) is 0 Å². The minimum Gasteiger partial charge on any atom is -0.379 e. The van der Waals surface area contributed by atoms with Gasteiger partial charge < -0.3 is 10.6 Å². The van der Waals surface area contributed by atoms with E-state index >= 15 is 0 Å². The molecule has 25 heavy (non-hydrogen) atoms. The lowest BCUT2D eigenvalue weighted by Gasteiger charge is -2.08. The molecule has 0 unspecified atom stereocenters. The van der Waals surface area contributed by atoms with Crippen LogP contribution in [0.25, 0.3) is 0 Å². The number of carbonyl (C=O) groups is 1. The molecule has 0 bridgehead atoms. The number of carbonyl (C=O) groups excluding carboxylic acids is 1. The highest BCUT2D eigenvalue weighted by Crippen LogP contribution is 2.28. The van der Waals surface area contributed by atoms with Gasteiger partial charge in [-0.25, -0.2) is 0 Å². The maximum Gasteiger partial charge on any atom is 0.299 e. The molecule has 0 radical (unpaired) electrons. The van der Waals surface area contributed by atoms with Crippen molar-refractivity contribution in [3.8, 4) is 0 Å². The summed E-state index contributed by atoms with van der Waals surface area (Å²) >= 11 is 0. The zero-order valence-corrected chi connectivity index (χ0v) is 13.2. The summed E-state index contributed by atoms with van der Waals surface area (Å²) < 4.78 is 0. The highest BCUT2D eigenvalue weighted by atomic mass is 16.6. The van der Waals surface area contributed by atoms with E-state index in [1.165, 1.54) is 12.1 Å². The number of nitrogens with one attached hydrogen (secondary N) is 2. The molecule has 2 aromatic rings. The normalized spacial score (nSPS) is 10.1. The Labute approximate surface area is 143 Å². The summed E-state index contributed by atoms with van der Waals surface area (Å²) in [5.41, 5.74) is 0.332. The van der Waals surface area contributed by atoms with Crippen molar-refractivity contribution in [3.05, 3.63) is 74.3 Å². The van der Waals surface area contributed by atoms with E-state index < -0.39 is 15.5 Å². The second-order valence-electron chi connectivity index (χ2n) is 5.15. The molecule has 9 nitrogen and oxygen atoms in total. The van der Waals surface area contributed by atoms with Crippen LogP contribution < -0.4 is 10.6 Å². The molecule has 0 aliphatic carbocycles. The van der Waals surface area contributed by atoms with Crippen molar-refractivity contribution in [1.29, 1.82) is 0 Å². The van der Waals surface area contributed by atoms with Crippen LogP contribution in [0.15, 0.2) is 48.5 Å². The van der Waals surface area contributed by atoms with Gasteiger partial charge in [-0.1, -0.05) is 30.3 Å². The third-order valence-electron chi connectivity index (χ3n) is 3.39. The molecule has 9 heteroatoms. The molecule has 2 aromatic carbocycles. The molecule has 0 fully saturated rings. The largest absolute Gasteiger partial charge is 0.379 e. The molecule has 2 rings (SSSR count). The van der Waals surface area contributed by atoms with E-state index in [2.05, 4.69) is 10.6 Å². The van der Waals surface area contributed by atoms with E-state index in [0.717, 1.165) is 11.6 Å². The number of hydrogen-bond donors (Lipinski definition) is 2. The van der Waals surface area contributed by atoms with Gasteiger partial charge in [0.15, 0.2) is 0 Å². The topological polar surface area (TPSA) is 127 Å². The highest BCUT2D eigenvalue weighted by molar-refractivity contribution is 5.76. The van der Waals surface area contributed by atoms with Gasteiger partial charge in [0.05, 0.1) is 15.9 Å². The van der Waals surface area contributed by atoms with Gasteiger partial charge in [0.2, 0.25) is 5.91 Å². The quantitative estimate of drug-likeness (QED) is 0.559. The Morgan fingerprint density at radius 3 is 2.36 bits per heavy atom. The van der Waals surface area contributed by atoms with Gasteiger partial charge in [0.25, 0.3) is 11.4 Å². The van der Waals surface area contributed by atoms with Crippen LogP contribution in [0, 0.1) is 20.2 Å². The Morgan fingerprint density at radius 2 is 1.72 bits per heavy atom. The lowest BCUT2D eigenvalue weighted by atomic mass is 10.2. The molecule has 0 saturated heterocycles. The number of non-ortho nitro benzene ring substituents is 1. The van der Waals surface area contributed by atoms with Crippen LogP contribution in [0.4, 0.5) is 17.1 Å². The average molecular weight is 344 g/mol. The minimum atomic E-state index is -0.704. The summed E-state index contributed by atoms with van der Waals surface area (Å²) in [6, 6.07) is 12.7. The molecule has 0 aliphatic rings. The second-order valence-corrected chi connectivity index (χ2v) is 5.15. The van der Waals surface area contributed by atoms with Crippen molar-refractivity contribution in [1.82, 2.24) is 5.32 Å². The Morgan fingerprint density at radius 1 is 1.00 bits per heavy atom. The SMILES string of the molecule is O=C(CCNc1ccc([N+](=O)[O-])cc1[N+](=O)[O-])NCc1ccccc1. The fourth-order valence-corrected chi connectivity index (χ4v) is 2.13. The monoisotopic (exact) mass is 344 g/mol. The molecule has 0 atom stereocenters. The highest BCUT2D eigenvalue weighted by Gasteiger charge is 2.19. The molecule has 1 amide bonds. The molecule has 0 aliphatic heterocycles. The second kappa shape index (κ2) is 8.39. The predicted octanol–water partition coefficient (Wildman–Crippen LogP) is 2.62. The Bertz CT molecular complexity index is 779. The molecular weight excluding hydrogens is 328 g/mol. The van der Waals surface area contributed by atoms with Gasteiger partial charge >= 0.3 is 0 Å². The van der Waals surface area contributed by atoms with Crippen molar-refractivity contribution >= 4 is 23.0 Å². The van der Waals surface area contributed by atoms with Crippen molar-refractivity contribution in [2.24, 2.45) is 0 Å². The molecular formula is C16H16N4O5. The average Bonchev–Trinajstić information content (AvgIpc) is 2.60. The summed E-state index contributed by atoms with van der Waals surface area (Å²) in [5.74, 6) is -0.207. The molecule has 0 spiro atoms. The van der Waals surface area contributed by atoms with Gasteiger partial charge in [-0.3, -0.25) is 25.0 Å². The number of nitro groups is 2. The van der Waals surface area contributed by atoms with Gasteiger partial charge in [-0.05, 0) is 11.6 Å². The summed E-state index contributed by atoms with van der Waals surface area (Å²) in [7, 11) is 0. The molecule has 130 valence electrons. The Balaban J connectivity index is 1.87. The standard InChI is InChI=1S/C16H16N4O5/c21-16(18-11-12-4-2-1-3-5-12)8-9-17-14-7-6-13(19(22)23)10-15(14)20(24)25/h1-7,10,17H,8-9,11H2,(H,18,21). The van der Waals surface area contributed by atoms with Crippen molar-refractivity contribution < 1.29 is 14.6 Å². The maximum absolute atomic E-state index is 11.8. The van der Waals surface area contributed by atoms with Gasteiger partial charge in [0.1, 0.15) is 5.69 Å². The number of anilines is 1. The maximum atomic E-state index is 11.8. The number of nitro benzene ring substituents is 2. The lowest BCUT2D eigenvalue weighted by molar-refractivity contribution is -0.393. The summed E-state index contributed by atoms with van der Waals surface area (Å²) in [5, 5.41) is 27.2. The first-order valence-corrected chi connectivity index (χ1v) is 7.44. The first kappa shape index (κ1) is 17.9. The van der Waals surface area contributed by atoms with Crippen LogP contribution in [0.1, 0.15) is 12.0 Å². The zero-order valence-electron chi connectivity index (χ0n) is 13.2. The molecule has 2 N–H and O–H groups in total. The van der Waals surface area contributed by atoms with Crippen molar-refractivity contribution in [3.63, 3.8) is 0 Å². The van der Waals surface area contributed by atoms with Gasteiger partial charge in [-0.15, -0.1) is 0 Å². The van der Waals surface area contributed by atoms with E-state index in [-0.39, 0.29) is 30.2 Å². The van der Waals surface area contributed by atoms with Crippen LogP contribution in [-0.4, -0.2) is 22.3 Å². The minimum absolute atomic E-state index is 0.112. The third kappa shape index (κ3) is 5.27. The first-order chi connectivity index (χ1) is 12.0. The van der Waals surface area contributed by atoms with Crippen LogP contribution in [0.2, 0.25) is 0 Å². The van der Waals surface area contributed by atoms with Crippen LogP contribution >= 0.6 is 0 Å². The van der Waals surface area contributed by atoms with E-state index in [4.69, 9.17) is 0 Å². The number of amides is 1. The number of rotatable bonds is 8. The summed E-state index contributed by atoms with van der Waals surface area (Å²) in [6.45, 7) is 0.566. The lowest BCUT2D eigenvalue weighted by Crippen LogP contribution is -2.24. The fourth-order valence-electron chi connectivity index (χ4n) is 2.13. The molecule has 0 saturated carbocycles. The van der Waals surface area contributed by atoms with E-state index in [9.17, 15) is 25.0 Å². The van der Waals surface area contributed by atoms with Crippen LogP contribution in [-0.2, 0) is 11.3 Å². The van der Waals surface area contributed by atoms with Crippen molar-refractivity contribution in [2.45, 2.75) is 13.0 Å². The predicted molar refractivity (Wildman–Crippen MR) is 91.1 cm³/mol. The summed E-state index contributed by atoms with van der Waals surface area (Å²) in [4.78, 5) is 32.1. The molecule has 0 aromatic heterocycles. The molecule has 0 heterocycles. The first-order valence-electron chi connectivity index (χ1n) is 7.44. The number of benzene rings is 2. The van der Waals surface area contributed by atoms with E-state index in [1.54, 1.807) is 0 Å². The number of hydrogen-bond acceptors (Lipinski definition) is 6. The smallest absolute Gasteiger partial charge is 0.299 e. The Kier molecular flexibility index (Phi) is 5.99. The fraction of sp³-hybridized carbons (Fsp3) is 0.188. The number of nitrogens with zero attached hydrogens (tertiary/aromatic N) is 2. The van der Waals surface area contributed by atoms with Crippen LogP contribution in [0.3, 0.4) is 0 Å². The zero-order chi connectivity index (χ0) is 18.2. The van der Waals surface area contributed by atoms with E-state index in [0.29, 0.717) is 6.54 Å². The van der Waals surface area contributed by atoms with Gasteiger partial charge in [0, 0.05) is 25.6 Å². The Hall–Kier alpha value is -3.49. The van der Waals surface area contributed by atoms with E-state index in [1.807, 2.05) is 30.3 Å². The van der Waals surface area contributed by atoms with Crippen molar-refractivity contribution in [2.75, 3.05) is 11.9 Å². The summed E-state index contributed by atoms with van der Waals surface area (Å²) in [6.07, 6.45) is 0.112.